The molecule has 3 aliphatic rings. The number of fused-ring (bicyclic) bond motifs is 1. The molecule has 34 heavy (non-hydrogen) atoms. The molecule has 8 heteroatoms. The van der Waals surface area contributed by atoms with E-state index >= 15 is 0 Å². The van der Waals surface area contributed by atoms with Crippen molar-refractivity contribution >= 4 is 17.8 Å². The summed E-state index contributed by atoms with van der Waals surface area (Å²) in [4.78, 5) is 41.8. The molecule has 0 spiro atoms. The van der Waals surface area contributed by atoms with Crippen LogP contribution in [0.4, 0.5) is 0 Å². The Morgan fingerprint density at radius 2 is 1.65 bits per heavy atom. The van der Waals surface area contributed by atoms with Gasteiger partial charge in [-0.3, -0.25) is 24.6 Å². The minimum absolute atomic E-state index is 0.0491. The number of carbonyl (C=O) groups excluding carboxylic acids is 2. The third-order valence-corrected chi connectivity index (χ3v) is 7.70. The Hall–Kier alpha value is -3.39. The third-order valence-electron chi connectivity index (χ3n) is 7.70. The van der Waals surface area contributed by atoms with E-state index in [0.29, 0.717) is 11.1 Å². The second kappa shape index (κ2) is 8.43. The van der Waals surface area contributed by atoms with Gasteiger partial charge >= 0.3 is 5.97 Å². The fraction of sp³-hybridized carbons (Fsp3) is 0.423. The summed E-state index contributed by atoms with van der Waals surface area (Å²) in [5.74, 6) is -4.09. The second-order valence-corrected chi connectivity index (χ2v) is 9.64. The molecule has 4 N–H and O–H groups in total. The molecular formula is C26H28N2O6. The lowest BCUT2D eigenvalue weighted by atomic mass is 9.76. The highest BCUT2D eigenvalue weighted by atomic mass is 16.4. The molecule has 4 atom stereocenters. The first-order valence-electron chi connectivity index (χ1n) is 11.8. The number of nitrogens with one attached hydrogen (secondary N) is 1. The summed E-state index contributed by atoms with van der Waals surface area (Å²) in [7, 11) is 0. The van der Waals surface area contributed by atoms with Crippen molar-refractivity contribution in [3.05, 3.63) is 59.7 Å². The fourth-order valence-corrected chi connectivity index (χ4v) is 6.11. The highest BCUT2D eigenvalue weighted by Gasteiger charge is 2.69. The number of benzene rings is 2. The predicted octanol–water partition coefficient (Wildman–Crippen LogP) is 2.74. The van der Waals surface area contributed by atoms with Crippen LogP contribution in [0.25, 0.3) is 0 Å². The van der Waals surface area contributed by atoms with Gasteiger partial charge in [0.05, 0.1) is 11.8 Å². The Labute approximate surface area is 197 Å². The average Bonchev–Trinajstić information content (AvgIpc) is 3.30. The van der Waals surface area contributed by atoms with Gasteiger partial charge in [-0.15, -0.1) is 0 Å². The number of hydrogen-bond donors (Lipinski definition) is 4. The van der Waals surface area contributed by atoms with E-state index in [1.54, 1.807) is 30.3 Å². The quantitative estimate of drug-likeness (QED) is 0.501. The van der Waals surface area contributed by atoms with Gasteiger partial charge in [-0.05, 0) is 36.6 Å². The van der Waals surface area contributed by atoms with Crippen LogP contribution >= 0.6 is 0 Å². The molecule has 4 unspecified atom stereocenters. The maximum Gasteiger partial charge on any atom is 0.325 e. The van der Waals surface area contributed by atoms with Crippen LogP contribution in [0.3, 0.4) is 0 Å². The van der Waals surface area contributed by atoms with Gasteiger partial charge in [0, 0.05) is 24.1 Å². The molecule has 2 saturated heterocycles. The van der Waals surface area contributed by atoms with Gasteiger partial charge in [-0.1, -0.05) is 49.6 Å². The van der Waals surface area contributed by atoms with Crippen LogP contribution in [-0.4, -0.2) is 49.6 Å². The number of nitrogens with zero attached hydrogens (tertiary/aromatic N) is 1. The van der Waals surface area contributed by atoms with Gasteiger partial charge in [0.2, 0.25) is 11.8 Å². The largest absolute Gasteiger partial charge is 0.508 e. The van der Waals surface area contributed by atoms with Crippen molar-refractivity contribution in [1.29, 1.82) is 0 Å². The number of para-hydroxylation sites is 1. The van der Waals surface area contributed by atoms with Crippen LogP contribution in [0.5, 0.6) is 11.5 Å². The molecule has 1 saturated carbocycles. The molecular weight excluding hydrogens is 436 g/mol. The zero-order chi connectivity index (χ0) is 24.0. The summed E-state index contributed by atoms with van der Waals surface area (Å²) in [5.41, 5.74) is -0.733. The maximum atomic E-state index is 13.8. The first-order chi connectivity index (χ1) is 16.3. The zero-order valence-electron chi connectivity index (χ0n) is 18.7. The van der Waals surface area contributed by atoms with E-state index in [1.165, 1.54) is 23.1 Å². The fourth-order valence-electron chi connectivity index (χ4n) is 6.11. The van der Waals surface area contributed by atoms with Crippen molar-refractivity contribution in [2.24, 2.45) is 11.8 Å². The number of likely N-dealkylation sites (tertiary alicyclic amines) is 1. The molecule has 2 aliphatic heterocycles. The molecule has 0 bridgehead atoms. The van der Waals surface area contributed by atoms with E-state index in [9.17, 15) is 29.7 Å². The van der Waals surface area contributed by atoms with Gasteiger partial charge in [0.1, 0.15) is 17.0 Å². The second-order valence-electron chi connectivity index (χ2n) is 9.64. The number of carboxylic acid groups (broad SMARTS) is 1. The highest BCUT2D eigenvalue weighted by Crippen LogP contribution is 2.52. The van der Waals surface area contributed by atoms with Crippen LogP contribution in [0.15, 0.2) is 48.5 Å². The standard InChI is InChI=1S/C26H28N2O6/c29-17-12-10-15(11-13-17)14-26(25(33)34)21-20(22(27-26)18-8-4-5-9-19(18)30)23(31)28(24(21)32)16-6-2-1-3-7-16/h4-5,8-13,16,20-22,27,29-30H,1-3,6-7,14H2,(H,33,34). The molecule has 5 rings (SSSR count). The Morgan fingerprint density at radius 3 is 2.29 bits per heavy atom. The molecule has 2 aromatic carbocycles. The smallest absolute Gasteiger partial charge is 0.325 e. The number of imide groups is 1. The van der Waals surface area contributed by atoms with Gasteiger partial charge in [0.25, 0.3) is 0 Å². The Morgan fingerprint density at radius 1 is 0.971 bits per heavy atom. The number of phenols is 2. The first kappa shape index (κ1) is 22.4. The van der Waals surface area contributed by atoms with E-state index in [-0.39, 0.29) is 29.9 Å². The number of aliphatic carboxylic acids is 1. The number of amides is 2. The van der Waals surface area contributed by atoms with E-state index in [1.807, 2.05) is 0 Å². The summed E-state index contributed by atoms with van der Waals surface area (Å²) in [6.07, 6.45) is 4.31. The van der Waals surface area contributed by atoms with Crippen LogP contribution in [0.2, 0.25) is 0 Å². The number of rotatable bonds is 5. The van der Waals surface area contributed by atoms with E-state index in [2.05, 4.69) is 5.32 Å². The predicted molar refractivity (Wildman–Crippen MR) is 122 cm³/mol. The van der Waals surface area contributed by atoms with E-state index < -0.39 is 35.3 Å². The van der Waals surface area contributed by atoms with Crippen molar-refractivity contribution in [3.63, 3.8) is 0 Å². The molecule has 2 amide bonds. The molecule has 8 nitrogen and oxygen atoms in total. The van der Waals surface area contributed by atoms with Crippen LogP contribution in [-0.2, 0) is 20.8 Å². The Balaban J connectivity index is 1.62. The van der Waals surface area contributed by atoms with E-state index in [0.717, 1.165) is 32.1 Å². The lowest BCUT2D eigenvalue weighted by Gasteiger charge is -2.34. The van der Waals surface area contributed by atoms with Crippen molar-refractivity contribution < 1.29 is 29.7 Å². The Bertz CT molecular complexity index is 1130. The molecule has 0 aromatic heterocycles. The van der Waals surface area contributed by atoms with E-state index in [4.69, 9.17) is 0 Å². The van der Waals surface area contributed by atoms with Crippen molar-refractivity contribution in [1.82, 2.24) is 10.2 Å². The van der Waals surface area contributed by atoms with Gasteiger partial charge in [-0.2, -0.15) is 0 Å². The minimum Gasteiger partial charge on any atom is -0.508 e. The summed E-state index contributed by atoms with van der Waals surface area (Å²) >= 11 is 0. The third kappa shape index (κ3) is 3.44. The summed E-state index contributed by atoms with van der Waals surface area (Å²) in [5, 5.41) is 33.8. The molecule has 3 fully saturated rings. The normalized spacial score (nSPS) is 29.4. The summed E-state index contributed by atoms with van der Waals surface area (Å²) in [6, 6.07) is 11.6. The number of aromatic hydroxyl groups is 2. The maximum absolute atomic E-state index is 13.8. The SMILES string of the molecule is O=C1C2C(c3ccccc3O)NC(Cc3ccc(O)cc3)(C(=O)O)C2C(=O)N1C1CCCCC1. The van der Waals surface area contributed by atoms with Crippen LogP contribution in [0.1, 0.15) is 49.3 Å². The molecule has 178 valence electrons. The van der Waals surface area contributed by atoms with Crippen molar-refractivity contribution in [3.8, 4) is 11.5 Å². The van der Waals surface area contributed by atoms with Crippen LogP contribution in [0, 0.1) is 11.8 Å². The topological polar surface area (TPSA) is 127 Å². The van der Waals surface area contributed by atoms with Gasteiger partial charge in [-0.25, -0.2) is 0 Å². The first-order valence-corrected chi connectivity index (χ1v) is 11.8. The highest BCUT2D eigenvalue weighted by molar-refractivity contribution is 6.09. The lowest BCUT2D eigenvalue weighted by molar-refractivity contribution is -0.152. The zero-order valence-corrected chi connectivity index (χ0v) is 18.7. The molecule has 0 radical (unpaired) electrons. The number of carbonyl (C=O) groups is 3. The molecule has 2 aromatic rings. The molecule has 1 aliphatic carbocycles. The lowest BCUT2D eigenvalue weighted by Crippen LogP contribution is -2.58. The number of hydrogen-bond acceptors (Lipinski definition) is 6. The monoisotopic (exact) mass is 464 g/mol. The Kier molecular flexibility index (Phi) is 5.56. The minimum atomic E-state index is -1.75. The van der Waals surface area contributed by atoms with Gasteiger partial charge < -0.3 is 15.3 Å². The van der Waals surface area contributed by atoms with Crippen LogP contribution < -0.4 is 5.32 Å². The van der Waals surface area contributed by atoms with Crippen molar-refractivity contribution in [2.45, 2.75) is 56.1 Å². The number of phenolic OH excluding ortho intramolecular Hbond substituents is 2. The molecule has 2 heterocycles. The summed E-state index contributed by atoms with van der Waals surface area (Å²) < 4.78 is 0. The number of carboxylic acids is 1. The van der Waals surface area contributed by atoms with Gasteiger partial charge in [0.15, 0.2) is 0 Å². The average molecular weight is 465 g/mol. The van der Waals surface area contributed by atoms with Crippen molar-refractivity contribution in [2.75, 3.05) is 0 Å². The summed E-state index contributed by atoms with van der Waals surface area (Å²) in [6.45, 7) is 0.